The van der Waals surface area contributed by atoms with E-state index in [1.165, 1.54) is 38.5 Å². The number of hydrogen-bond acceptors (Lipinski definition) is 17. The highest BCUT2D eigenvalue weighted by molar-refractivity contribution is 6.11. The van der Waals surface area contributed by atoms with E-state index in [0.717, 1.165) is 214 Å². The number of likely N-dealkylation sites (N-methyl/N-ethyl adjacent to an activating group) is 1. The lowest BCUT2D eigenvalue weighted by Gasteiger charge is -2.34. The SMILES string of the molecule is CN(CC(=O)CCCN1CCN(CCNC(=O)c2ccc3c(c2)CC(c2ccc(-c4nc5ccc(C(=O)NCCN6CCCCC6)cc5[nH]4)cc2)=N3)CC1)CC(=O)NCCN1CCN(CCNC(=O)c2ccc3c(c2)CC(c2ccc(C4=Nc5ccc(C(=O)NCCN6CCCCC6)cc5C4)cc2)=N3)CC1. The van der Waals surface area contributed by atoms with Gasteiger partial charge in [0.15, 0.2) is 0 Å². The van der Waals surface area contributed by atoms with Crippen LogP contribution in [-0.2, 0) is 28.9 Å². The summed E-state index contributed by atoms with van der Waals surface area (Å²) in [7, 11) is 1.82. The number of fused-ring (bicyclic) bond motifs is 4. The zero-order valence-corrected chi connectivity index (χ0v) is 61.4. The number of aromatic amines is 1. The third-order valence-electron chi connectivity index (χ3n) is 21.9. The minimum Gasteiger partial charge on any atom is -0.354 e. The van der Waals surface area contributed by atoms with Gasteiger partial charge in [0.25, 0.3) is 23.6 Å². The third kappa shape index (κ3) is 19.4. The summed E-state index contributed by atoms with van der Waals surface area (Å²) in [6.45, 7) is 19.8. The van der Waals surface area contributed by atoms with Gasteiger partial charge in [-0.05, 0) is 178 Å². The van der Waals surface area contributed by atoms with Crippen LogP contribution in [0.15, 0.2) is 136 Å². The number of hydrogen-bond donors (Lipinski definition) is 6. The second kappa shape index (κ2) is 35.3. The number of H-pyrrole nitrogens is 1. The average Bonchev–Trinajstić information content (AvgIpc) is 1.64. The number of aliphatic imine (C=N–C) groups is 3. The smallest absolute Gasteiger partial charge is 0.251 e. The number of likely N-dealkylation sites (tertiary alicyclic amines) is 2. The van der Waals surface area contributed by atoms with Crippen LogP contribution in [0.5, 0.6) is 0 Å². The van der Waals surface area contributed by atoms with Gasteiger partial charge in [-0.3, -0.25) is 63.3 Å². The van der Waals surface area contributed by atoms with Crippen LogP contribution in [0.1, 0.15) is 126 Å². The van der Waals surface area contributed by atoms with Gasteiger partial charge in [0.1, 0.15) is 11.6 Å². The Morgan fingerprint density at radius 1 is 0.387 bits per heavy atom. The standard InChI is InChI=1S/C83H101N17O6/c1-94(56-69(101)9-8-35-97-41-43-99(44-42-97)39-29-86-81(104)64-20-24-72-68(51-64)55-76(91-72)60-14-16-61(17-15-60)79-92-73-25-21-65(52-77(73)93-79)83(106)88-28-38-96-33-6-3-7-34-96)57-78(102)84-26-36-98-45-47-100(48-46-98)40-30-87-82(105)63-19-23-71-67(50-63)54-75(90-71)59-12-10-58(11-13-59)74-53-66-49-62(18-22-70(66)89-74)80(103)85-27-37-95-31-4-2-5-32-95/h10-25,49-52H,2-9,26-48,53-57H2,1H3,(H,84,102)(H,85,103)(H,86,104)(H,87,105)(H,88,106)(H,92,93). The first-order valence-corrected chi connectivity index (χ1v) is 38.6. The summed E-state index contributed by atoms with van der Waals surface area (Å²) < 4.78 is 0. The van der Waals surface area contributed by atoms with Crippen molar-refractivity contribution in [2.45, 2.75) is 70.6 Å². The largest absolute Gasteiger partial charge is 0.354 e. The lowest BCUT2D eigenvalue weighted by molar-refractivity contribution is -0.123. The number of carbonyl (C=O) groups excluding carboxylic acids is 6. The minimum atomic E-state index is -0.0954. The van der Waals surface area contributed by atoms with Crippen LogP contribution < -0.4 is 26.6 Å². The summed E-state index contributed by atoms with van der Waals surface area (Å²) in [6, 6.07) is 39.5. The maximum absolute atomic E-state index is 13.4. The van der Waals surface area contributed by atoms with Crippen LogP contribution in [0.4, 0.5) is 17.1 Å². The molecule has 0 bridgehead atoms. The van der Waals surface area contributed by atoms with Crippen LogP contribution in [0.25, 0.3) is 22.4 Å². The van der Waals surface area contributed by atoms with E-state index in [4.69, 9.17) is 20.0 Å². The molecular formula is C83H101N17O6. The van der Waals surface area contributed by atoms with Crippen LogP contribution in [-0.4, -0.2) is 267 Å². The van der Waals surface area contributed by atoms with Gasteiger partial charge in [0.05, 0.1) is 58.3 Å². The number of rotatable bonds is 31. The van der Waals surface area contributed by atoms with E-state index in [1.807, 2.05) is 92.0 Å². The molecule has 0 unspecified atom stereocenters. The quantitative estimate of drug-likeness (QED) is 0.0247. The predicted octanol–water partition coefficient (Wildman–Crippen LogP) is 7.48. The van der Waals surface area contributed by atoms with Crippen LogP contribution in [0.2, 0.25) is 0 Å². The van der Waals surface area contributed by atoms with E-state index >= 15 is 0 Å². The van der Waals surface area contributed by atoms with Crippen molar-refractivity contribution in [1.82, 2.24) is 70.9 Å². The van der Waals surface area contributed by atoms with Crippen molar-refractivity contribution in [2.75, 3.05) is 171 Å². The van der Waals surface area contributed by atoms with Gasteiger partial charge >= 0.3 is 0 Å². The molecule has 5 amide bonds. The Labute approximate surface area is 621 Å². The van der Waals surface area contributed by atoms with Gasteiger partial charge in [-0.1, -0.05) is 61.4 Å². The Kier molecular flexibility index (Phi) is 24.5. The zero-order chi connectivity index (χ0) is 72.7. The molecule has 0 atom stereocenters. The van der Waals surface area contributed by atoms with Crippen molar-refractivity contribution in [2.24, 2.45) is 15.0 Å². The molecule has 0 aliphatic carbocycles. The van der Waals surface area contributed by atoms with E-state index in [1.54, 1.807) is 4.90 Å². The van der Waals surface area contributed by atoms with Crippen molar-refractivity contribution in [3.8, 4) is 11.4 Å². The average molecular weight is 1430 g/mol. The maximum atomic E-state index is 13.4. The molecule has 7 aromatic rings. The van der Waals surface area contributed by atoms with Gasteiger partial charge < -0.3 is 46.3 Å². The number of Topliss-reactive ketones (excluding diaryl/α,β-unsaturated/α-hetero) is 1. The Balaban J connectivity index is 0.415. The second-order valence-electron chi connectivity index (χ2n) is 29.6. The van der Waals surface area contributed by atoms with Crippen molar-refractivity contribution >= 4 is 80.5 Å². The first kappa shape index (κ1) is 73.4. The van der Waals surface area contributed by atoms with Crippen LogP contribution in [0.3, 0.4) is 0 Å². The molecule has 8 heterocycles. The highest BCUT2D eigenvalue weighted by atomic mass is 16.2. The fourth-order valence-electron chi connectivity index (χ4n) is 15.6. The van der Waals surface area contributed by atoms with Gasteiger partial charge in [0.2, 0.25) is 5.91 Å². The number of nitrogens with zero attached hydrogens (tertiary/aromatic N) is 11. The van der Waals surface area contributed by atoms with E-state index in [2.05, 4.69) is 97.4 Å². The number of imidazole rings is 1. The monoisotopic (exact) mass is 1430 g/mol. The van der Waals surface area contributed by atoms with Gasteiger partial charge in [0, 0.05) is 171 Å². The molecule has 14 rings (SSSR count). The van der Waals surface area contributed by atoms with Crippen LogP contribution >= 0.6 is 0 Å². The topological polar surface area (TPSA) is 251 Å². The van der Waals surface area contributed by atoms with Crippen molar-refractivity contribution in [3.63, 3.8) is 0 Å². The Morgan fingerprint density at radius 3 is 1.14 bits per heavy atom. The number of nitrogens with one attached hydrogen (secondary N) is 6. The summed E-state index contributed by atoms with van der Waals surface area (Å²) in [5, 5.41) is 15.5. The van der Waals surface area contributed by atoms with Crippen molar-refractivity contribution < 1.29 is 28.8 Å². The molecule has 4 fully saturated rings. The first-order valence-electron chi connectivity index (χ1n) is 38.6. The molecule has 6 N–H and O–H groups in total. The summed E-state index contributed by atoms with van der Waals surface area (Å²) in [5.74, 6) is 0.474. The molecule has 7 aliphatic heterocycles. The van der Waals surface area contributed by atoms with E-state index in [9.17, 15) is 28.8 Å². The molecule has 4 saturated heterocycles. The van der Waals surface area contributed by atoms with Crippen molar-refractivity contribution in [1.29, 1.82) is 0 Å². The lowest BCUT2D eigenvalue weighted by Crippen LogP contribution is -2.50. The molecule has 6 aromatic carbocycles. The van der Waals surface area contributed by atoms with Gasteiger partial charge in [-0.2, -0.15) is 0 Å². The molecule has 7 aliphatic rings. The highest BCUT2D eigenvalue weighted by Crippen LogP contribution is 2.34. The fourth-order valence-corrected chi connectivity index (χ4v) is 15.6. The summed E-state index contributed by atoms with van der Waals surface area (Å²) in [6.07, 6.45) is 10.7. The number of carbonyl (C=O) groups is 6. The lowest BCUT2D eigenvalue weighted by atomic mass is 9.98. The van der Waals surface area contributed by atoms with Crippen molar-refractivity contribution in [3.05, 3.63) is 177 Å². The van der Waals surface area contributed by atoms with E-state index in [0.29, 0.717) is 80.7 Å². The van der Waals surface area contributed by atoms with Gasteiger partial charge in [-0.25, -0.2) is 4.98 Å². The third-order valence-corrected chi connectivity index (χ3v) is 21.9. The number of ketones is 1. The highest BCUT2D eigenvalue weighted by Gasteiger charge is 2.26. The molecule has 0 saturated carbocycles. The Morgan fingerprint density at radius 2 is 0.736 bits per heavy atom. The van der Waals surface area contributed by atoms with E-state index in [-0.39, 0.29) is 48.4 Å². The summed E-state index contributed by atoms with van der Waals surface area (Å²) >= 11 is 0. The summed E-state index contributed by atoms with van der Waals surface area (Å²) in [5.41, 5.74) is 16.9. The number of benzene rings is 6. The first-order chi connectivity index (χ1) is 51.8. The van der Waals surface area contributed by atoms with Gasteiger partial charge in [-0.15, -0.1) is 0 Å². The van der Waals surface area contributed by atoms with E-state index < -0.39 is 0 Å². The predicted molar refractivity (Wildman–Crippen MR) is 417 cm³/mol. The Hall–Kier alpha value is -9.46. The normalized spacial score (nSPS) is 17.3. The molecule has 106 heavy (non-hydrogen) atoms. The van der Waals surface area contributed by atoms with Crippen LogP contribution in [0, 0.1) is 0 Å². The number of aromatic nitrogens is 2. The maximum Gasteiger partial charge on any atom is 0.251 e. The molecular weight excluding hydrogens is 1330 g/mol. The summed E-state index contributed by atoms with van der Waals surface area (Å²) in [4.78, 5) is 118. The number of piperazine rings is 2. The zero-order valence-electron chi connectivity index (χ0n) is 61.4. The Bertz CT molecular complexity index is 4400. The molecule has 23 heteroatoms. The number of piperidine rings is 2. The fraction of sp³-hybridized carbons (Fsp3) is 0.446. The minimum absolute atomic E-state index is 0.0381. The second-order valence-corrected chi connectivity index (χ2v) is 29.6. The molecule has 1 aromatic heterocycles. The molecule has 0 spiro atoms. The molecule has 0 radical (unpaired) electrons. The molecule has 23 nitrogen and oxygen atoms in total. The molecule has 554 valence electrons. The number of amides is 5.